The highest BCUT2D eigenvalue weighted by molar-refractivity contribution is 5.30. The molecule has 0 saturated heterocycles. The van der Waals surface area contributed by atoms with Gasteiger partial charge in [0.1, 0.15) is 0 Å². The third-order valence-corrected chi connectivity index (χ3v) is 2.11. The monoisotopic (exact) mass is 190 g/mol. The second-order valence-electron chi connectivity index (χ2n) is 3.78. The summed E-state index contributed by atoms with van der Waals surface area (Å²) in [6.45, 7) is 6.19. The van der Waals surface area contributed by atoms with Crippen LogP contribution in [-0.4, -0.2) is 5.11 Å². The zero-order valence-electron chi connectivity index (χ0n) is 9.17. The smallest absolute Gasteiger partial charge is 0.0926 e. The molecular weight excluding hydrogens is 172 g/mol. The van der Waals surface area contributed by atoms with Gasteiger partial charge in [-0.25, -0.2) is 0 Å². The number of hydrogen-bond donors (Lipinski definition) is 1. The molecule has 0 aromatic heterocycles. The number of benzene rings is 1. The Labute approximate surface area is 86.1 Å². The van der Waals surface area contributed by atoms with Crippen LogP contribution in [-0.2, 0) is 6.42 Å². The van der Waals surface area contributed by atoms with Crippen LogP contribution in [0.15, 0.2) is 30.0 Å². The van der Waals surface area contributed by atoms with Gasteiger partial charge >= 0.3 is 0 Å². The van der Waals surface area contributed by atoms with Crippen LogP contribution in [0.3, 0.4) is 0 Å². The summed E-state index contributed by atoms with van der Waals surface area (Å²) in [6.07, 6.45) is 3.39. The maximum atomic E-state index is 9.55. The second kappa shape index (κ2) is 4.85. The van der Waals surface area contributed by atoms with Gasteiger partial charge in [0.2, 0.25) is 0 Å². The van der Waals surface area contributed by atoms with E-state index in [1.54, 1.807) is 0 Å². The Morgan fingerprint density at radius 2 is 1.79 bits per heavy atom. The van der Waals surface area contributed by atoms with E-state index in [1.807, 2.05) is 13.0 Å². The van der Waals surface area contributed by atoms with Crippen molar-refractivity contribution in [2.24, 2.45) is 0 Å². The van der Waals surface area contributed by atoms with E-state index in [0.29, 0.717) is 12.2 Å². The van der Waals surface area contributed by atoms with Crippen molar-refractivity contribution in [1.29, 1.82) is 0 Å². The first-order valence-corrected chi connectivity index (χ1v) is 5.07. The molecule has 1 aromatic carbocycles. The predicted molar refractivity (Wildman–Crippen MR) is 60.6 cm³/mol. The fourth-order valence-electron chi connectivity index (χ4n) is 1.69. The fourth-order valence-corrected chi connectivity index (χ4v) is 1.69. The molecule has 0 saturated carbocycles. The highest BCUT2D eigenvalue weighted by Crippen LogP contribution is 2.12. The van der Waals surface area contributed by atoms with Crippen molar-refractivity contribution in [3.05, 3.63) is 46.7 Å². The molecule has 0 aliphatic heterocycles. The standard InChI is InChI=1S/C13H18O/c1-4-5-13(14)9-12-7-10(2)6-11(3)8-12/h5-8,14H,4,9H2,1-3H3. The summed E-state index contributed by atoms with van der Waals surface area (Å²) in [5, 5.41) is 9.55. The van der Waals surface area contributed by atoms with E-state index in [4.69, 9.17) is 0 Å². The lowest BCUT2D eigenvalue weighted by atomic mass is 10.0. The Hall–Kier alpha value is -1.24. The van der Waals surface area contributed by atoms with Gasteiger partial charge in [0.15, 0.2) is 0 Å². The van der Waals surface area contributed by atoms with Gasteiger partial charge in [-0.3, -0.25) is 0 Å². The van der Waals surface area contributed by atoms with Crippen molar-refractivity contribution in [2.45, 2.75) is 33.6 Å². The molecule has 0 unspecified atom stereocenters. The zero-order valence-corrected chi connectivity index (χ0v) is 9.17. The molecule has 1 rings (SSSR count). The Bertz CT molecular complexity index is 317. The van der Waals surface area contributed by atoms with Crippen molar-refractivity contribution < 1.29 is 5.11 Å². The van der Waals surface area contributed by atoms with Gasteiger partial charge in [0.25, 0.3) is 0 Å². The van der Waals surface area contributed by atoms with Crippen LogP contribution in [0.25, 0.3) is 0 Å². The first-order chi connectivity index (χ1) is 6.61. The lowest BCUT2D eigenvalue weighted by Gasteiger charge is -2.04. The minimum Gasteiger partial charge on any atom is -0.512 e. The lowest BCUT2D eigenvalue weighted by Crippen LogP contribution is -1.91. The quantitative estimate of drug-likeness (QED) is 0.720. The SMILES string of the molecule is CCC=C(O)Cc1cc(C)cc(C)c1. The molecule has 14 heavy (non-hydrogen) atoms. The Balaban J connectivity index is 2.81. The number of allylic oxidation sites excluding steroid dienone is 2. The number of rotatable bonds is 3. The van der Waals surface area contributed by atoms with Gasteiger partial charge in [-0.1, -0.05) is 36.2 Å². The van der Waals surface area contributed by atoms with E-state index in [0.717, 1.165) is 6.42 Å². The molecule has 1 heteroatoms. The summed E-state index contributed by atoms with van der Waals surface area (Å²) in [5.41, 5.74) is 3.69. The van der Waals surface area contributed by atoms with Crippen molar-refractivity contribution in [1.82, 2.24) is 0 Å². The summed E-state index contributed by atoms with van der Waals surface area (Å²) in [7, 11) is 0. The first kappa shape index (κ1) is 10.8. The molecule has 1 nitrogen and oxygen atoms in total. The minimum atomic E-state index is 0.470. The number of hydrogen-bond acceptors (Lipinski definition) is 1. The molecule has 1 aromatic rings. The van der Waals surface area contributed by atoms with E-state index >= 15 is 0 Å². The summed E-state index contributed by atoms with van der Waals surface area (Å²) >= 11 is 0. The summed E-state index contributed by atoms with van der Waals surface area (Å²) in [5.74, 6) is 0.470. The molecule has 0 radical (unpaired) electrons. The maximum Gasteiger partial charge on any atom is 0.0926 e. The van der Waals surface area contributed by atoms with Crippen LogP contribution in [0.1, 0.15) is 30.0 Å². The van der Waals surface area contributed by atoms with Gasteiger partial charge in [0.05, 0.1) is 5.76 Å². The van der Waals surface area contributed by atoms with E-state index in [2.05, 4.69) is 32.0 Å². The zero-order chi connectivity index (χ0) is 10.6. The molecule has 76 valence electrons. The number of aliphatic hydroxyl groups is 1. The molecule has 0 aliphatic carbocycles. The Morgan fingerprint density at radius 1 is 1.21 bits per heavy atom. The highest BCUT2D eigenvalue weighted by atomic mass is 16.3. The van der Waals surface area contributed by atoms with Crippen molar-refractivity contribution in [3.63, 3.8) is 0 Å². The molecule has 0 bridgehead atoms. The van der Waals surface area contributed by atoms with E-state index in [-0.39, 0.29) is 0 Å². The average Bonchev–Trinajstić information content (AvgIpc) is 2.01. The fraction of sp³-hybridized carbons (Fsp3) is 0.385. The third-order valence-electron chi connectivity index (χ3n) is 2.11. The molecule has 0 atom stereocenters. The molecule has 0 heterocycles. The van der Waals surface area contributed by atoms with E-state index in [9.17, 15) is 5.11 Å². The number of aryl methyl sites for hydroxylation is 2. The van der Waals surface area contributed by atoms with Crippen LogP contribution in [0.2, 0.25) is 0 Å². The van der Waals surface area contributed by atoms with Crippen LogP contribution in [0.5, 0.6) is 0 Å². The van der Waals surface area contributed by atoms with Crippen LogP contribution in [0.4, 0.5) is 0 Å². The molecule has 0 spiro atoms. The van der Waals surface area contributed by atoms with Crippen molar-refractivity contribution in [3.8, 4) is 0 Å². The molecule has 0 aliphatic rings. The van der Waals surface area contributed by atoms with E-state index in [1.165, 1.54) is 16.7 Å². The average molecular weight is 190 g/mol. The van der Waals surface area contributed by atoms with Gasteiger partial charge in [0, 0.05) is 6.42 Å². The minimum absolute atomic E-state index is 0.470. The topological polar surface area (TPSA) is 20.2 Å². The maximum absolute atomic E-state index is 9.55. The summed E-state index contributed by atoms with van der Waals surface area (Å²) in [4.78, 5) is 0. The van der Waals surface area contributed by atoms with Crippen LogP contribution in [0, 0.1) is 13.8 Å². The first-order valence-electron chi connectivity index (χ1n) is 5.07. The number of aliphatic hydroxyl groups excluding tert-OH is 1. The van der Waals surface area contributed by atoms with E-state index < -0.39 is 0 Å². The van der Waals surface area contributed by atoms with Gasteiger partial charge in [-0.2, -0.15) is 0 Å². The van der Waals surface area contributed by atoms with Gasteiger partial charge in [-0.15, -0.1) is 0 Å². The summed E-state index contributed by atoms with van der Waals surface area (Å²) < 4.78 is 0. The highest BCUT2D eigenvalue weighted by Gasteiger charge is 1.98. The second-order valence-corrected chi connectivity index (χ2v) is 3.78. The third kappa shape index (κ3) is 3.25. The molecule has 0 amide bonds. The predicted octanol–water partition coefficient (Wildman–Crippen LogP) is 3.70. The van der Waals surface area contributed by atoms with Gasteiger partial charge < -0.3 is 5.11 Å². The lowest BCUT2D eigenvalue weighted by molar-refractivity contribution is 0.396. The summed E-state index contributed by atoms with van der Waals surface area (Å²) in [6, 6.07) is 6.38. The van der Waals surface area contributed by atoms with Crippen molar-refractivity contribution in [2.75, 3.05) is 0 Å². The normalized spacial score (nSPS) is 11.8. The van der Waals surface area contributed by atoms with Crippen LogP contribution < -0.4 is 0 Å². The van der Waals surface area contributed by atoms with Gasteiger partial charge in [-0.05, 0) is 31.9 Å². The molecule has 0 fully saturated rings. The Morgan fingerprint density at radius 3 is 2.29 bits per heavy atom. The van der Waals surface area contributed by atoms with Crippen molar-refractivity contribution >= 4 is 0 Å². The van der Waals surface area contributed by atoms with Crippen LogP contribution >= 0.6 is 0 Å². The molecule has 1 N–H and O–H groups in total. The Kier molecular flexibility index (Phi) is 3.75. The largest absolute Gasteiger partial charge is 0.512 e. The molecular formula is C13H18O.